The molecule has 0 radical (unpaired) electrons. The molecule has 1 aromatic heterocycles. The fourth-order valence-electron chi connectivity index (χ4n) is 2.07. The molecule has 2 rings (SSSR count). The van der Waals surface area contributed by atoms with E-state index in [9.17, 15) is 0 Å². The molecule has 78 valence electrons. The summed E-state index contributed by atoms with van der Waals surface area (Å²) in [7, 11) is 0. The first kappa shape index (κ1) is 9.52. The Kier molecular flexibility index (Phi) is 2.46. The van der Waals surface area contributed by atoms with Crippen LogP contribution in [0.3, 0.4) is 0 Å². The Morgan fingerprint density at radius 3 is 3.00 bits per heavy atom. The summed E-state index contributed by atoms with van der Waals surface area (Å²) in [5.74, 6) is 0.988. The highest BCUT2D eigenvalue weighted by Gasteiger charge is 2.24. The number of aryl methyl sites for hydroxylation is 1. The molecule has 0 spiro atoms. The number of rotatable bonds is 1. The minimum atomic E-state index is 0.359. The van der Waals surface area contributed by atoms with Crippen molar-refractivity contribution in [1.29, 1.82) is 0 Å². The first-order chi connectivity index (χ1) is 6.66. The van der Waals surface area contributed by atoms with Crippen LogP contribution in [0.25, 0.3) is 0 Å². The number of nitrogens with one attached hydrogen (secondary N) is 1. The van der Waals surface area contributed by atoms with Gasteiger partial charge in [-0.15, -0.1) is 0 Å². The van der Waals surface area contributed by atoms with Gasteiger partial charge in [0.25, 0.3) is 0 Å². The molecule has 0 aliphatic carbocycles. The molecule has 4 heteroatoms. The molecule has 0 aromatic carbocycles. The molecule has 3 N–H and O–H groups in total. The lowest BCUT2D eigenvalue weighted by atomic mass is 10.00. The molecule has 2 unspecified atom stereocenters. The van der Waals surface area contributed by atoms with Gasteiger partial charge in [-0.3, -0.25) is 0 Å². The van der Waals surface area contributed by atoms with Crippen molar-refractivity contribution in [3.05, 3.63) is 11.9 Å². The molecule has 1 aliphatic heterocycles. The Bertz CT molecular complexity index is 307. The van der Waals surface area contributed by atoms with Gasteiger partial charge in [0.15, 0.2) is 0 Å². The molecule has 1 saturated heterocycles. The van der Waals surface area contributed by atoms with Crippen molar-refractivity contribution in [2.45, 2.75) is 38.8 Å². The van der Waals surface area contributed by atoms with Crippen LogP contribution in [0, 0.1) is 6.92 Å². The van der Waals surface area contributed by atoms with Crippen molar-refractivity contribution in [3.8, 4) is 0 Å². The number of anilines is 1. The molecule has 2 atom stereocenters. The van der Waals surface area contributed by atoms with Crippen molar-refractivity contribution in [2.75, 3.05) is 11.4 Å². The number of hydrogen-bond acceptors (Lipinski definition) is 3. The summed E-state index contributed by atoms with van der Waals surface area (Å²) >= 11 is 0. The number of aromatic amines is 1. The van der Waals surface area contributed by atoms with Gasteiger partial charge in [-0.25, -0.2) is 4.98 Å². The molecule has 1 aliphatic rings. The van der Waals surface area contributed by atoms with Gasteiger partial charge in [0.2, 0.25) is 5.95 Å². The number of nitrogens with zero attached hydrogens (tertiary/aromatic N) is 2. The van der Waals surface area contributed by atoms with Gasteiger partial charge in [0, 0.05) is 30.5 Å². The third-order valence-corrected chi connectivity index (χ3v) is 2.88. The predicted molar refractivity (Wildman–Crippen MR) is 57.3 cm³/mol. The lowest BCUT2D eigenvalue weighted by molar-refractivity contribution is 0.425. The van der Waals surface area contributed by atoms with Gasteiger partial charge < -0.3 is 15.6 Å². The summed E-state index contributed by atoms with van der Waals surface area (Å²) in [5.41, 5.74) is 7.03. The highest BCUT2D eigenvalue weighted by atomic mass is 15.3. The summed E-state index contributed by atoms with van der Waals surface area (Å²) in [5, 5.41) is 0. The van der Waals surface area contributed by atoms with Crippen LogP contribution in [-0.4, -0.2) is 28.6 Å². The molecular formula is C10H18N4. The van der Waals surface area contributed by atoms with Crippen LogP contribution in [0.5, 0.6) is 0 Å². The topological polar surface area (TPSA) is 57.9 Å². The number of hydrogen-bond donors (Lipinski definition) is 2. The number of piperidine rings is 1. The largest absolute Gasteiger partial charge is 0.340 e. The highest BCUT2D eigenvalue weighted by Crippen LogP contribution is 2.21. The SMILES string of the molecule is Cc1cnc(N2CCC(N)CC2C)[nH]1. The molecule has 2 heterocycles. The lowest BCUT2D eigenvalue weighted by Gasteiger charge is -2.36. The predicted octanol–water partition coefficient (Wildman–Crippen LogP) is 1.03. The second kappa shape index (κ2) is 3.61. The van der Waals surface area contributed by atoms with Gasteiger partial charge in [-0.05, 0) is 26.7 Å². The number of imidazole rings is 1. The van der Waals surface area contributed by atoms with Crippen LogP contribution in [0.2, 0.25) is 0 Å². The molecule has 14 heavy (non-hydrogen) atoms. The zero-order valence-electron chi connectivity index (χ0n) is 8.83. The van der Waals surface area contributed by atoms with E-state index in [2.05, 4.69) is 21.8 Å². The van der Waals surface area contributed by atoms with Crippen molar-refractivity contribution < 1.29 is 0 Å². The number of aromatic nitrogens is 2. The van der Waals surface area contributed by atoms with E-state index in [0.29, 0.717) is 12.1 Å². The Labute approximate surface area is 84.5 Å². The van der Waals surface area contributed by atoms with E-state index in [1.54, 1.807) is 0 Å². The lowest BCUT2D eigenvalue weighted by Crippen LogP contribution is -2.46. The zero-order valence-corrected chi connectivity index (χ0v) is 8.83. The third-order valence-electron chi connectivity index (χ3n) is 2.88. The average molecular weight is 194 g/mol. The zero-order chi connectivity index (χ0) is 10.1. The first-order valence-corrected chi connectivity index (χ1v) is 5.20. The van der Waals surface area contributed by atoms with Crippen molar-refractivity contribution >= 4 is 5.95 Å². The fourth-order valence-corrected chi connectivity index (χ4v) is 2.07. The molecule has 0 bridgehead atoms. The molecule has 1 fully saturated rings. The van der Waals surface area contributed by atoms with Crippen LogP contribution in [0.1, 0.15) is 25.5 Å². The summed E-state index contributed by atoms with van der Waals surface area (Å²) in [4.78, 5) is 9.91. The van der Waals surface area contributed by atoms with E-state index in [1.807, 2.05) is 13.1 Å². The maximum atomic E-state index is 5.91. The van der Waals surface area contributed by atoms with Crippen molar-refractivity contribution in [3.63, 3.8) is 0 Å². The van der Waals surface area contributed by atoms with E-state index in [-0.39, 0.29) is 0 Å². The fraction of sp³-hybridized carbons (Fsp3) is 0.700. The van der Waals surface area contributed by atoms with E-state index >= 15 is 0 Å². The molecule has 0 saturated carbocycles. The average Bonchev–Trinajstić information content (AvgIpc) is 2.51. The monoisotopic (exact) mass is 194 g/mol. The van der Waals surface area contributed by atoms with Crippen LogP contribution in [0.4, 0.5) is 5.95 Å². The van der Waals surface area contributed by atoms with Gasteiger partial charge in [-0.1, -0.05) is 0 Å². The quantitative estimate of drug-likeness (QED) is 0.702. The van der Waals surface area contributed by atoms with Crippen molar-refractivity contribution in [2.24, 2.45) is 5.73 Å². The van der Waals surface area contributed by atoms with Crippen LogP contribution < -0.4 is 10.6 Å². The van der Waals surface area contributed by atoms with E-state index < -0.39 is 0 Å². The number of nitrogens with two attached hydrogens (primary N) is 1. The second-order valence-corrected chi connectivity index (χ2v) is 4.22. The number of H-pyrrole nitrogens is 1. The third kappa shape index (κ3) is 1.75. The van der Waals surface area contributed by atoms with Gasteiger partial charge >= 0.3 is 0 Å². The Balaban J connectivity index is 2.11. The summed E-state index contributed by atoms with van der Waals surface area (Å²) in [6, 6.07) is 0.849. The molecule has 1 aromatic rings. The molecular weight excluding hydrogens is 176 g/mol. The van der Waals surface area contributed by atoms with Gasteiger partial charge in [0.05, 0.1) is 0 Å². The smallest absolute Gasteiger partial charge is 0.203 e. The van der Waals surface area contributed by atoms with Gasteiger partial charge in [-0.2, -0.15) is 0 Å². The van der Waals surface area contributed by atoms with Gasteiger partial charge in [0.1, 0.15) is 0 Å². The van der Waals surface area contributed by atoms with Crippen LogP contribution >= 0.6 is 0 Å². The van der Waals surface area contributed by atoms with Crippen molar-refractivity contribution in [1.82, 2.24) is 9.97 Å². The van der Waals surface area contributed by atoms with Crippen LogP contribution in [-0.2, 0) is 0 Å². The normalized spacial score (nSPS) is 28.1. The van der Waals surface area contributed by atoms with E-state index in [1.165, 1.54) is 0 Å². The van der Waals surface area contributed by atoms with Crippen LogP contribution in [0.15, 0.2) is 6.20 Å². The summed E-state index contributed by atoms with van der Waals surface area (Å²) < 4.78 is 0. The summed E-state index contributed by atoms with van der Waals surface area (Å²) in [6.45, 7) is 5.24. The highest BCUT2D eigenvalue weighted by molar-refractivity contribution is 5.33. The van der Waals surface area contributed by atoms with E-state index in [0.717, 1.165) is 31.0 Å². The standard InChI is InChI=1S/C10H18N4/c1-7-6-12-10(13-7)14-4-3-9(11)5-8(14)2/h6,8-9H,3-5,11H2,1-2H3,(H,12,13). The maximum Gasteiger partial charge on any atom is 0.203 e. The van der Waals surface area contributed by atoms with E-state index in [4.69, 9.17) is 5.73 Å². The summed E-state index contributed by atoms with van der Waals surface area (Å²) in [6.07, 6.45) is 3.99. The Morgan fingerprint density at radius 2 is 2.43 bits per heavy atom. The Morgan fingerprint density at radius 1 is 1.64 bits per heavy atom. The second-order valence-electron chi connectivity index (χ2n) is 4.22. The molecule has 0 amide bonds. The minimum absolute atomic E-state index is 0.359. The maximum absolute atomic E-state index is 5.91. The Hall–Kier alpha value is -1.03. The molecule has 4 nitrogen and oxygen atoms in total. The first-order valence-electron chi connectivity index (χ1n) is 5.20. The minimum Gasteiger partial charge on any atom is -0.340 e.